The Morgan fingerprint density at radius 3 is 2.97 bits per heavy atom. The van der Waals surface area contributed by atoms with Crippen molar-refractivity contribution in [3.8, 4) is 0 Å². The molecule has 0 amide bonds. The number of fused-ring (bicyclic) bond motifs is 4. The Labute approximate surface area is 187 Å². The maximum atomic E-state index is 12.6. The molecule has 4 fully saturated rings. The maximum absolute atomic E-state index is 12.6. The highest BCUT2D eigenvalue weighted by molar-refractivity contribution is 5.91. The SMILES string of the molecule is C[C@]12CC=C3C=C4[C@H]5OC5C(=O)C[C@]45CCC3(O5)[C@@H]1CC[C@@H]2c1ccc2ccncc2c1. The molecule has 4 nitrogen and oxygen atoms in total. The minimum absolute atomic E-state index is 0.0240. The number of pyridine rings is 1. The number of carbonyl (C=O) groups excluding carboxylic acids is 1. The highest BCUT2D eigenvalue weighted by Crippen LogP contribution is 2.70. The van der Waals surface area contributed by atoms with E-state index >= 15 is 0 Å². The normalized spacial score (nSPS) is 45.5. The fourth-order valence-corrected chi connectivity index (χ4v) is 8.37. The van der Waals surface area contributed by atoms with Crippen LogP contribution in [0.15, 0.2) is 60.0 Å². The number of epoxide rings is 1. The number of Topliss-reactive ketones (excluding diaryl/α,β-unsaturated/α-hetero) is 1. The van der Waals surface area contributed by atoms with Crippen LogP contribution in [-0.2, 0) is 14.3 Å². The first kappa shape index (κ1) is 18.2. The first-order chi connectivity index (χ1) is 15.5. The summed E-state index contributed by atoms with van der Waals surface area (Å²) in [5, 5.41) is 2.48. The van der Waals surface area contributed by atoms with Crippen molar-refractivity contribution in [1.82, 2.24) is 4.98 Å². The Balaban J connectivity index is 1.23. The van der Waals surface area contributed by atoms with Gasteiger partial charge in [-0.05, 0) is 83.6 Å². The zero-order valence-corrected chi connectivity index (χ0v) is 18.3. The Morgan fingerprint density at radius 1 is 1.09 bits per heavy atom. The lowest BCUT2D eigenvalue weighted by atomic mass is 9.58. The summed E-state index contributed by atoms with van der Waals surface area (Å²) in [5.41, 5.74) is 3.58. The molecule has 32 heavy (non-hydrogen) atoms. The molecule has 0 radical (unpaired) electrons. The molecule has 1 aromatic carbocycles. The summed E-state index contributed by atoms with van der Waals surface area (Å²) in [6.07, 6.45) is 14.4. The van der Waals surface area contributed by atoms with E-state index in [4.69, 9.17) is 9.47 Å². The van der Waals surface area contributed by atoms with Gasteiger partial charge in [0, 0.05) is 24.2 Å². The van der Waals surface area contributed by atoms with Crippen molar-refractivity contribution >= 4 is 16.6 Å². The van der Waals surface area contributed by atoms with E-state index in [1.54, 1.807) is 0 Å². The number of ether oxygens (including phenoxy) is 2. The molecule has 1 aromatic heterocycles. The standard InChI is InChI=1S/C28H27NO3/c1-26-8-6-19-13-21-24-25(31-24)22(30)14-27(21)9-10-28(19,32-27)23(26)5-4-20(26)17-3-2-16-7-11-29-15-18(16)12-17/h2-3,6-7,11-13,15,20,23-25H,4-5,8-10,14H2,1H3/t20-,23-,24-,25?,26-,27-,28?/m1/s1. The van der Waals surface area contributed by atoms with E-state index in [-0.39, 0.29) is 29.0 Å². The van der Waals surface area contributed by atoms with Crippen LogP contribution in [0.5, 0.6) is 0 Å². The summed E-state index contributed by atoms with van der Waals surface area (Å²) >= 11 is 0. The molecule has 4 heteroatoms. The van der Waals surface area contributed by atoms with Gasteiger partial charge in [-0.2, -0.15) is 0 Å². The number of ketones is 1. The lowest BCUT2D eigenvalue weighted by molar-refractivity contribution is -0.144. The maximum Gasteiger partial charge on any atom is 0.167 e. The predicted molar refractivity (Wildman–Crippen MR) is 120 cm³/mol. The zero-order valence-electron chi connectivity index (χ0n) is 18.3. The van der Waals surface area contributed by atoms with Crippen LogP contribution in [0.1, 0.15) is 56.9 Å². The smallest absolute Gasteiger partial charge is 0.167 e. The number of rotatable bonds is 1. The highest BCUT2D eigenvalue weighted by Gasteiger charge is 2.70. The predicted octanol–water partition coefficient (Wildman–Crippen LogP) is 5.03. The summed E-state index contributed by atoms with van der Waals surface area (Å²) in [4.78, 5) is 17.0. The van der Waals surface area contributed by atoms with Gasteiger partial charge in [0.05, 0.1) is 5.60 Å². The van der Waals surface area contributed by atoms with Gasteiger partial charge >= 0.3 is 0 Å². The highest BCUT2D eigenvalue weighted by atomic mass is 16.6. The summed E-state index contributed by atoms with van der Waals surface area (Å²) < 4.78 is 12.9. The molecule has 2 unspecified atom stereocenters. The van der Waals surface area contributed by atoms with Gasteiger partial charge in [-0.1, -0.05) is 31.2 Å². The Kier molecular flexibility index (Phi) is 3.18. The fraction of sp³-hybridized carbons (Fsp3) is 0.500. The first-order valence-corrected chi connectivity index (χ1v) is 12.2. The van der Waals surface area contributed by atoms with E-state index in [0.717, 1.165) is 19.3 Å². The van der Waals surface area contributed by atoms with Gasteiger partial charge in [0.25, 0.3) is 0 Å². The Hall–Kier alpha value is -2.30. The van der Waals surface area contributed by atoms with Crippen LogP contribution in [0.4, 0.5) is 0 Å². The van der Waals surface area contributed by atoms with Gasteiger partial charge in [0.1, 0.15) is 17.8 Å². The van der Waals surface area contributed by atoms with Crippen LogP contribution in [0, 0.1) is 11.3 Å². The number of allylic oxidation sites excluding steroid dienone is 1. The Morgan fingerprint density at radius 2 is 2.03 bits per heavy atom. The van der Waals surface area contributed by atoms with Gasteiger partial charge in [-0.3, -0.25) is 9.78 Å². The summed E-state index contributed by atoms with van der Waals surface area (Å²) in [5.74, 6) is 1.23. The van der Waals surface area contributed by atoms with Gasteiger partial charge in [0.15, 0.2) is 5.78 Å². The van der Waals surface area contributed by atoms with E-state index in [2.05, 4.69) is 48.3 Å². The minimum atomic E-state index is -0.406. The van der Waals surface area contributed by atoms with Crippen molar-refractivity contribution in [3.63, 3.8) is 0 Å². The summed E-state index contributed by atoms with van der Waals surface area (Å²) in [6, 6.07) is 9.03. The third-order valence-electron chi connectivity index (χ3n) is 9.91. The molecular weight excluding hydrogens is 398 g/mol. The molecule has 162 valence electrons. The quantitative estimate of drug-likeness (QED) is 0.601. The molecule has 0 N–H and O–H groups in total. The molecule has 7 atom stereocenters. The summed E-state index contributed by atoms with van der Waals surface area (Å²) in [6.45, 7) is 2.49. The third kappa shape index (κ3) is 2.03. The fourth-order valence-electron chi connectivity index (χ4n) is 8.37. The number of carbonyl (C=O) groups is 1. The van der Waals surface area contributed by atoms with Crippen molar-refractivity contribution in [3.05, 3.63) is 65.5 Å². The molecule has 3 aliphatic heterocycles. The zero-order chi connectivity index (χ0) is 21.3. The van der Waals surface area contributed by atoms with Gasteiger partial charge in [-0.25, -0.2) is 0 Å². The molecule has 2 saturated heterocycles. The van der Waals surface area contributed by atoms with Crippen LogP contribution in [-0.4, -0.2) is 34.2 Å². The second-order valence-corrected chi connectivity index (χ2v) is 11.2. The molecule has 2 saturated carbocycles. The van der Waals surface area contributed by atoms with Gasteiger partial charge in [0.2, 0.25) is 0 Å². The van der Waals surface area contributed by atoms with Crippen LogP contribution in [0.3, 0.4) is 0 Å². The van der Waals surface area contributed by atoms with Crippen molar-refractivity contribution in [1.29, 1.82) is 0 Å². The number of aromatic nitrogens is 1. The summed E-state index contributed by atoms with van der Waals surface area (Å²) in [7, 11) is 0. The molecule has 2 aromatic rings. The topological polar surface area (TPSA) is 51.7 Å². The lowest BCUT2D eigenvalue weighted by Crippen LogP contribution is -2.54. The largest absolute Gasteiger partial charge is 0.359 e. The van der Waals surface area contributed by atoms with Crippen LogP contribution in [0.2, 0.25) is 0 Å². The Bertz CT molecular complexity index is 1280. The van der Waals surface area contributed by atoms with Gasteiger partial charge in [-0.15, -0.1) is 0 Å². The van der Waals surface area contributed by atoms with E-state index in [1.165, 1.54) is 40.3 Å². The monoisotopic (exact) mass is 425 g/mol. The molecule has 2 bridgehead atoms. The van der Waals surface area contributed by atoms with Crippen LogP contribution >= 0.6 is 0 Å². The molecule has 8 rings (SSSR count). The molecule has 6 aliphatic rings. The second kappa shape index (κ2) is 5.60. The van der Waals surface area contributed by atoms with Crippen molar-refractivity contribution in [2.75, 3.05) is 0 Å². The minimum Gasteiger partial charge on any atom is -0.359 e. The average Bonchev–Trinajstić information content (AvgIpc) is 3.44. The van der Waals surface area contributed by atoms with Crippen molar-refractivity contribution in [2.45, 2.75) is 74.8 Å². The second-order valence-electron chi connectivity index (χ2n) is 11.2. The van der Waals surface area contributed by atoms with Crippen LogP contribution < -0.4 is 0 Å². The molecule has 3 aliphatic carbocycles. The van der Waals surface area contributed by atoms with Crippen molar-refractivity contribution in [2.24, 2.45) is 11.3 Å². The van der Waals surface area contributed by atoms with E-state index < -0.39 is 5.60 Å². The average molecular weight is 426 g/mol. The lowest BCUT2D eigenvalue weighted by Gasteiger charge is -2.53. The first-order valence-electron chi connectivity index (χ1n) is 12.2. The molecular formula is C28H27NO3. The van der Waals surface area contributed by atoms with Crippen molar-refractivity contribution < 1.29 is 14.3 Å². The number of hydrogen-bond donors (Lipinski definition) is 0. The number of nitrogens with zero attached hydrogens (tertiary/aromatic N) is 1. The number of benzene rings is 1. The van der Waals surface area contributed by atoms with E-state index in [1.807, 2.05) is 12.4 Å². The van der Waals surface area contributed by atoms with Gasteiger partial charge < -0.3 is 9.47 Å². The van der Waals surface area contributed by atoms with E-state index in [9.17, 15) is 4.79 Å². The molecule has 4 heterocycles. The molecule has 2 spiro atoms. The third-order valence-corrected chi connectivity index (χ3v) is 9.91. The van der Waals surface area contributed by atoms with E-state index in [0.29, 0.717) is 18.3 Å². The number of hydrogen-bond acceptors (Lipinski definition) is 4. The van der Waals surface area contributed by atoms with Crippen LogP contribution in [0.25, 0.3) is 10.8 Å².